The fraction of sp³-hybridized carbons (Fsp3) is 0.529. The Morgan fingerprint density at radius 3 is 2.54 bits per heavy atom. The summed E-state index contributed by atoms with van der Waals surface area (Å²) in [4.78, 5) is 24.7. The number of ether oxygens (including phenoxy) is 1. The van der Waals surface area contributed by atoms with E-state index < -0.39 is 30.1 Å². The van der Waals surface area contributed by atoms with E-state index in [1.165, 1.54) is 24.3 Å². The summed E-state index contributed by atoms with van der Waals surface area (Å²) in [5.41, 5.74) is 0.280. The van der Waals surface area contributed by atoms with Crippen LogP contribution in [-0.2, 0) is 9.53 Å². The SMILES string of the molecule is CC(C)CC(NC(=O)c1ccc(F)cc1)C(=O)NC1CCOC1O. The van der Waals surface area contributed by atoms with Gasteiger partial charge < -0.3 is 20.5 Å². The Bertz CT molecular complexity index is 576. The Morgan fingerprint density at radius 1 is 1.33 bits per heavy atom. The van der Waals surface area contributed by atoms with Gasteiger partial charge in [0, 0.05) is 5.56 Å². The van der Waals surface area contributed by atoms with Crippen molar-refractivity contribution in [2.45, 2.75) is 45.1 Å². The lowest BCUT2D eigenvalue weighted by Crippen LogP contribution is -2.51. The molecule has 24 heavy (non-hydrogen) atoms. The molecule has 7 heteroatoms. The highest BCUT2D eigenvalue weighted by atomic mass is 19.1. The lowest BCUT2D eigenvalue weighted by atomic mass is 10.0. The van der Waals surface area contributed by atoms with E-state index in [2.05, 4.69) is 10.6 Å². The second kappa shape index (κ2) is 8.21. The molecule has 3 N–H and O–H groups in total. The minimum absolute atomic E-state index is 0.180. The third kappa shape index (κ3) is 5.01. The molecule has 1 aromatic rings. The zero-order valence-corrected chi connectivity index (χ0v) is 13.8. The van der Waals surface area contributed by atoms with Gasteiger partial charge in [0.15, 0.2) is 6.29 Å². The second-order valence-electron chi connectivity index (χ2n) is 6.33. The lowest BCUT2D eigenvalue weighted by molar-refractivity contribution is -0.127. The molecule has 3 atom stereocenters. The molecule has 2 rings (SSSR count). The minimum Gasteiger partial charge on any atom is -0.366 e. The van der Waals surface area contributed by atoms with Crippen molar-refractivity contribution in [2.75, 3.05) is 6.61 Å². The molecule has 0 saturated carbocycles. The quantitative estimate of drug-likeness (QED) is 0.727. The van der Waals surface area contributed by atoms with E-state index in [9.17, 15) is 19.1 Å². The number of carbonyl (C=O) groups is 2. The minimum atomic E-state index is -1.03. The summed E-state index contributed by atoms with van der Waals surface area (Å²) in [5.74, 6) is -1.06. The Kier molecular flexibility index (Phi) is 6.28. The molecule has 2 amide bonds. The van der Waals surface area contributed by atoms with Gasteiger partial charge in [-0.15, -0.1) is 0 Å². The molecule has 0 radical (unpaired) electrons. The Hall–Kier alpha value is -1.99. The van der Waals surface area contributed by atoms with E-state index in [1.807, 2.05) is 13.8 Å². The van der Waals surface area contributed by atoms with E-state index in [1.54, 1.807) is 0 Å². The average molecular weight is 338 g/mol. The van der Waals surface area contributed by atoms with E-state index in [0.717, 1.165) is 0 Å². The van der Waals surface area contributed by atoms with E-state index in [4.69, 9.17) is 4.74 Å². The first-order valence-electron chi connectivity index (χ1n) is 8.03. The number of hydrogen-bond acceptors (Lipinski definition) is 4. The van der Waals surface area contributed by atoms with Gasteiger partial charge in [-0.05, 0) is 43.0 Å². The van der Waals surface area contributed by atoms with Crippen LogP contribution in [-0.4, -0.2) is 41.9 Å². The number of aliphatic hydroxyl groups is 1. The van der Waals surface area contributed by atoms with Gasteiger partial charge in [-0.1, -0.05) is 13.8 Å². The number of hydrogen-bond donors (Lipinski definition) is 3. The first-order chi connectivity index (χ1) is 11.4. The maximum atomic E-state index is 12.9. The third-order valence-electron chi connectivity index (χ3n) is 3.82. The predicted octanol–water partition coefficient (Wildman–Crippen LogP) is 1.19. The maximum absolute atomic E-state index is 12.9. The molecule has 3 unspecified atom stereocenters. The molecular formula is C17H23FN2O4. The van der Waals surface area contributed by atoms with Gasteiger partial charge in [-0.2, -0.15) is 0 Å². The molecule has 132 valence electrons. The van der Waals surface area contributed by atoms with Crippen molar-refractivity contribution in [2.24, 2.45) is 5.92 Å². The van der Waals surface area contributed by atoms with Crippen molar-refractivity contribution in [1.82, 2.24) is 10.6 Å². The number of nitrogens with one attached hydrogen (secondary N) is 2. The molecule has 0 aromatic heterocycles. The largest absolute Gasteiger partial charge is 0.366 e. The zero-order chi connectivity index (χ0) is 17.7. The van der Waals surface area contributed by atoms with Crippen LogP contribution in [0.1, 0.15) is 37.0 Å². The topological polar surface area (TPSA) is 87.7 Å². The van der Waals surface area contributed by atoms with Crippen molar-refractivity contribution < 1.29 is 23.8 Å². The van der Waals surface area contributed by atoms with Gasteiger partial charge >= 0.3 is 0 Å². The molecule has 1 heterocycles. The molecule has 1 saturated heterocycles. The van der Waals surface area contributed by atoms with Crippen LogP contribution >= 0.6 is 0 Å². The van der Waals surface area contributed by atoms with Gasteiger partial charge in [0.05, 0.1) is 12.6 Å². The van der Waals surface area contributed by atoms with Crippen molar-refractivity contribution in [1.29, 1.82) is 0 Å². The van der Waals surface area contributed by atoms with E-state index >= 15 is 0 Å². The van der Waals surface area contributed by atoms with Crippen molar-refractivity contribution >= 4 is 11.8 Å². The van der Waals surface area contributed by atoms with Crippen LogP contribution in [0.5, 0.6) is 0 Å². The normalized spacial score (nSPS) is 21.5. The van der Waals surface area contributed by atoms with Crippen LogP contribution in [0.2, 0.25) is 0 Å². The molecule has 0 aliphatic carbocycles. The van der Waals surface area contributed by atoms with E-state index in [-0.39, 0.29) is 17.4 Å². The predicted molar refractivity (Wildman–Crippen MR) is 85.6 cm³/mol. The Balaban J connectivity index is 2.02. The monoisotopic (exact) mass is 338 g/mol. The number of aliphatic hydroxyl groups excluding tert-OH is 1. The number of halogens is 1. The van der Waals surface area contributed by atoms with Gasteiger partial charge in [-0.25, -0.2) is 4.39 Å². The fourth-order valence-electron chi connectivity index (χ4n) is 2.55. The molecule has 0 bridgehead atoms. The molecule has 1 aliphatic heterocycles. The van der Waals surface area contributed by atoms with Crippen molar-refractivity contribution in [3.05, 3.63) is 35.6 Å². The smallest absolute Gasteiger partial charge is 0.251 e. The van der Waals surface area contributed by atoms with Crippen LogP contribution in [0, 0.1) is 11.7 Å². The first-order valence-corrected chi connectivity index (χ1v) is 8.03. The van der Waals surface area contributed by atoms with Crippen LogP contribution < -0.4 is 10.6 Å². The van der Waals surface area contributed by atoms with Crippen molar-refractivity contribution in [3.63, 3.8) is 0 Å². The Labute approximate surface area is 140 Å². The second-order valence-corrected chi connectivity index (χ2v) is 6.33. The number of carbonyl (C=O) groups excluding carboxylic acids is 2. The number of amides is 2. The number of rotatable bonds is 6. The first kappa shape index (κ1) is 18.4. The highest BCUT2D eigenvalue weighted by Gasteiger charge is 2.31. The molecule has 1 aliphatic rings. The Morgan fingerprint density at radius 2 is 2.00 bits per heavy atom. The highest BCUT2D eigenvalue weighted by molar-refractivity contribution is 5.97. The van der Waals surface area contributed by atoms with Crippen LogP contribution in [0.3, 0.4) is 0 Å². The summed E-state index contributed by atoms with van der Waals surface area (Å²) in [7, 11) is 0. The number of benzene rings is 1. The summed E-state index contributed by atoms with van der Waals surface area (Å²) in [6.45, 7) is 4.26. The summed E-state index contributed by atoms with van der Waals surface area (Å²) >= 11 is 0. The third-order valence-corrected chi connectivity index (χ3v) is 3.82. The highest BCUT2D eigenvalue weighted by Crippen LogP contribution is 2.13. The summed E-state index contributed by atoms with van der Waals surface area (Å²) in [6, 6.07) is 3.90. The zero-order valence-electron chi connectivity index (χ0n) is 13.8. The van der Waals surface area contributed by atoms with Crippen molar-refractivity contribution in [3.8, 4) is 0 Å². The van der Waals surface area contributed by atoms with Crippen LogP contribution in [0.25, 0.3) is 0 Å². The van der Waals surface area contributed by atoms with Gasteiger partial charge in [0.1, 0.15) is 11.9 Å². The van der Waals surface area contributed by atoms with Gasteiger partial charge in [0.25, 0.3) is 5.91 Å². The molecule has 1 aromatic carbocycles. The van der Waals surface area contributed by atoms with E-state index in [0.29, 0.717) is 19.4 Å². The summed E-state index contributed by atoms with van der Waals surface area (Å²) < 4.78 is 18.0. The fourth-order valence-corrected chi connectivity index (χ4v) is 2.55. The molecule has 0 spiro atoms. The maximum Gasteiger partial charge on any atom is 0.251 e. The van der Waals surface area contributed by atoms with Gasteiger partial charge in [-0.3, -0.25) is 9.59 Å². The lowest BCUT2D eigenvalue weighted by Gasteiger charge is -2.23. The molecule has 6 nitrogen and oxygen atoms in total. The van der Waals surface area contributed by atoms with Crippen LogP contribution in [0.15, 0.2) is 24.3 Å². The standard InChI is InChI=1S/C17H23FN2O4/c1-10(2)9-14(16(22)19-13-7-8-24-17(13)23)20-15(21)11-3-5-12(18)6-4-11/h3-6,10,13-14,17,23H,7-9H2,1-2H3,(H,19,22)(H,20,21). The van der Waals surface area contributed by atoms with Crippen LogP contribution in [0.4, 0.5) is 4.39 Å². The molecular weight excluding hydrogens is 315 g/mol. The average Bonchev–Trinajstić information content (AvgIpc) is 2.92. The summed E-state index contributed by atoms with van der Waals surface area (Å²) in [5, 5.41) is 15.0. The summed E-state index contributed by atoms with van der Waals surface area (Å²) in [6.07, 6.45) is -0.0585. The molecule has 1 fully saturated rings. The van der Waals surface area contributed by atoms with Gasteiger partial charge in [0.2, 0.25) is 5.91 Å².